The van der Waals surface area contributed by atoms with Gasteiger partial charge in [-0.3, -0.25) is 9.78 Å². The predicted molar refractivity (Wildman–Crippen MR) is 64.5 cm³/mol. The van der Waals surface area contributed by atoms with Gasteiger partial charge in [-0.15, -0.1) is 0 Å². The van der Waals surface area contributed by atoms with Crippen LogP contribution in [0.3, 0.4) is 0 Å². The molecule has 80 valence electrons. The van der Waals surface area contributed by atoms with E-state index in [0.29, 0.717) is 5.56 Å². The van der Waals surface area contributed by atoms with E-state index in [0.717, 1.165) is 17.5 Å². The number of aldehydes is 1. The maximum Gasteiger partial charge on any atom is 0.150 e. The van der Waals surface area contributed by atoms with Crippen molar-refractivity contribution >= 4 is 6.29 Å². The van der Waals surface area contributed by atoms with E-state index in [4.69, 9.17) is 0 Å². The lowest BCUT2D eigenvalue weighted by Gasteiger charge is -2.05. The van der Waals surface area contributed by atoms with Gasteiger partial charge in [0.05, 0.1) is 5.69 Å². The molecule has 0 amide bonds. The third kappa shape index (κ3) is 2.01. The molecule has 0 spiro atoms. The molecule has 1 aromatic heterocycles. The van der Waals surface area contributed by atoms with E-state index in [1.54, 1.807) is 18.3 Å². The SMILES string of the molecule is Cc1ccc(-c2cc(C=O)ccn2)cc1C. The molecule has 0 saturated carbocycles. The zero-order chi connectivity index (χ0) is 11.5. The van der Waals surface area contributed by atoms with Gasteiger partial charge in [-0.05, 0) is 43.2 Å². The van der Waals surface area contributed by atoms with Gasteiger partial charge in [-0.25, -0.2) is 0 Å². The molecule has 2 heteroatoms. The van der Waals surface area contributed by atoms with E-state index in [1.165, 1.54) is 11.1 Å². The first kappa shape index (κ1) is 10.6. The second kappa shape index (κ2) is 4.27. The van der Waals surface area contributed by atoms with Crippen LogP contribution in [0.2, 0.25) is 0 Å². The fourth-order valence-corrected chi connectivity index (χ4v) is 1.58. The van der Waals surface area contributed by atoms with E-state index in [1.807, 2.05) is 6.07 Å². The monoisotopic (exact) mass is 211 g/mol. The number of aromatic nitrogens is 1. The number of rotatable bonds is 2. The van der Waals surface area contributed by atoms with Crippen molar-refractivity contribution in [1.82, 2.24) is 4.98 Å². The number of hydrogen-bond acceptors (Lipinski definition) is 2. The summed E-state index contributed by atoms with van der Waals surface area (Å²) in [5, 5.41) is 0. The maximum absolute atomic E-state index is 10.7. The largest absolute Gasteiger partial charge is 0.298 e. The Morgan fingerprint density at radius 3 is 2.56 bits per heavy atom. The molecule has 0 fully saturated rings. The van der Waals surface area contributed by atoms with Crippen LogP contribution in [0.1, 0.15) is 21.5 Å². The molecule has 0 aliphatic rings. The Balaban J connectivity index is 2.49. The van der Waals surface area contributed by atoms with Crippen LogP contribution in [0.25, 0.3) is 11.3 Å². The van der Waals surface area contributed by atoms with E-state index < -0.39 is 0 Å². The first-order valence-corrected chi connectivity index (χ1v) is 5.19. The summed E-state index contributed by atoms with van der Waals surface area (Å²) in [5.41, 5.74) is 5.04. The van der Waals surface area contributed by atoms with Crippen molar-refractivity contribution in [2.75, 3.05) is 0 Å². The van der Waals surface area contributed by atoms with Crippen molar-refractivity contribution in [3.05, 3.63) is 53.2 Å². The van der Waals surface area contributed by atoms with Crippen molar-refractivity contribution in [3.8, 4) is 11.3 Å². The highest BCUT2D eigenvalue weighted by Gasteiger charge is 2.02. The molecule has 0 saturated heterocycles. The number of pyridine rings is 1. The standard InChI is InChI=1S/C14H13NO/c1-10-3-4-13(7-11(10)2)14-8-12(9-16)5-6-15-14/h3-9H,1-2H3. The van der Waals surface area contributed by atoms with Crippen LogP contribution < -0.4 is 0 Å². The van der Waals surface area contributed by atoms with Crippen LogP contribution >= 0.6 is 0 Å². The molecule has 0 unspecified atom stereocenters. The van der Waals surface area contributed by atoms with Crippen molar-refractivity contribution in [1.29, 1.82) is 0 Å². The molecular weight excluding hydrogens is 198 g/mol. The smallest absolute Gasteiger partial charge is 0.150 e. The number of nitrogens with zero attached hydrogens (tertiary/aromatic N) is 1. The number of aryl methyl sites for hydroxylation is 2. The fourth-order valence-electron chi connectivity index (χ4n) is 1.58. The van der Waals surface area contributed by atoms with Crippen LogP contribution in [-0.2, 0) is 0 Å². The molecule has 1 heterocycles. The van der Waals surface area contributed by atoms with Gasteiger partial charge >= 0.3 is 0 Å². The van der Waals surface area contributed by atoms with E-state index in [9.17, 15) is 4.79 Å². The van der Waals surface area contributed by atoms with E-state index in [2.05, 4.69) is 31.0 Å². The second-order valence-electron chi connectivity index (χ2n) is 3.89. The topological polar surface area (TPSA) is 30.0 Å². The summed E-state index contributed by atoms with van der Waals surface area (Å²) in [6, 6.07) is 9.69. The first-order valence-electron chi connectivity index (χ1n) is 5.19. The maximum atomic E-state index is 10.7. The second-order valence-corrected chi connectivity index (χ2v) is 3.89. The zero-order valence-corrected chi connectivity index (χ0v) is 9.40. The average Bonchev–Trinajstić information content (AvgIpc) is 2.33. The molecule has 1 aromatic carbocycles. The molecule has 0 bridgehead atoms. The van der Waals surface area contributed by atoms with Gasteiger partial charge in [0.15, 0.2) is 0 Å². The third-order valence-electron chi connectivity index (χ3n) is 2.72. The Morgan fingerprint density at radius 2 is 1.88 bits per heavy atom. The van der Waals surface area contributed by atoms with Gasteiger partial charge in [0.25, 0.3) is 0 Å². The molecule has 0 aliphatic carbocycles. The summed E-state index contributed by atoms with van der Waals surface area (Å²) in [4.78, 5) is 15.0. The van der Waals surface area contributed by atoms with Crippen LogP contribution in [0.5, 0.6) is 0 Å². The minimum atomic E-state index is 0.656. The Hall–Kier alpha value is -1.96. The molecule has 0 radical (unpaired) electrons. The highest BCUT2D eigenvalue weighted by Crippen LogP contribution is 2.20. The average molecular weight is 211 g/mol. The van der Waals surface area contributed by atoms with Crippen molar-refractivity contribution in [2.45, 2.75) is 13.8 Å². The Kier molecular flexibility index (Phi) is 2.82. The van der Waals surface area contributed by atoms with Crippen molar-refractivity contribution in [2.24, 2.45) is 0 Å². The predicted octanol–water partition coefficient (Wildman–Crippen LogP) is 3.18. The summed E-state index contributed by atoms with van der Waals surface area (Å²) in [6.07, 6.45) is 2.50. The quantitative estimate of drug-likeness (QED) is 0.714. The van der Waals surface area contributed by atoms with Crippen LogP contribution in [-0.4, -0.2) is 11.3 Å². The first-order chi connectivity index (χ1) is 7.70. The number of hydrogen-bond donors (Lipinski definition) is 0. The van der Waals surface area contributed by atoms with Gasteiger partial charge < -0.3 is 0 Å². The highest BCUT2D eigenvalue weighted by atomic mass is 16.1. The molecule has 0 aliphatic heterocycles. The van der Waals surface area contributed by atoms with Gasteiger partial charge in [0.1, 0.15) is 6.29 Å². The fraction of sp³-hybridized carbons (Fsp3) is 0.143. The lowest BCUT2D eigenvalue weighted by molar-refractivity contribution is 0.112. The molecule has 0 N–H and O–H groups in total. The molecule has 2 nitrogen and oxygen atoms in total. The Labute approximate surface area is 95.0 Å². The van der Waals surface area contributed by atoms with E-state index in [-0.39, 0.29) is 0 Å². The normalized spacial score (nSPS) is 10.1. The number of carbonyl (C=O) groups is 1. The minimum Gasteiger partial charge on any atom is -0.298 e. The molecule has 2 rings (SSSR count). The van der Waals surface area contributed by atoms with Crippen LogP contribution in [0.15, 0.2) is 36.5 Å². The summed E-state index contributed by atoms with van der Waals surface area (Å²) in [5.74, 6) is 0. The lowest BCUT2D eigenvalue weighted by Crippen LogP contribution is -1.88. The third-order valence-corrected chi connectivity index (χ3v) is 2.72. The zero-order valence-electron chi connectivity index (χ0n) is 9.40. The van der Waals surface area contributed by atoms with Gasteiger partial charge in [0, 0.05) is 17.3 Å². The lowest BCUT2D eigenvalue weighted by atomic mass is 10.0. The summed E-state index contributed by atoms with van der Waals surface area (Å²) in [7, 11) is 0. The molecule has 2 aromatic rings. The summed E-state index contributed by atoms with van der Waals surface area (Å²) in [6.45, 7) is 4.15. The molecular formula is C14H13NO. The molecule has 16 heavy (non-hydrogen) atoms. The minimum absolute atomic E-state index is 0.656. The van der Waals surface area contributed by atoms with Crippen LogP contribution in [0.4, 0.5) is 0 Å². The van der Waals surface area contributed by atoms with Gasteiger partial charge in [-0.1, -0.05) is 12.1 Å². The Morgan fingerprint density at radius 1 is 1.06 bits per heavy atom. The number of carbonyl (C=O) groups excluding carboxylic acids is 1. The van der Waals surface area contributed by atoms with Crippen molar-refractivity contribution in [3.63, 3.8) is 0 Å². The van der Waals surface area contributed by atoms with Gasteiger partial charge in [0.2, 0.25) is 0 Å². The number of benzene rings is 1. The van der Waals surface area contributed by atoms with Crippen LogP contribution in [0, 0.1) is 13.8 Å². The van der Waals surface area contributed by atoms with Gasteiger partial charge in [-0.2, -0.15) is 0 Å². The van der Waals surface area contributed by atoms with Crippen molar-refractivity contribution < 1.29 is 4.79 Å². The summed E-state index contributed by atoms with van der Waals surface area (Å²) >= 11 is 0. The molecule has 0 atom stereocenters. The Bertz CT molecular complexity index is 532. The highest BCUT2D eigenvalue weighted by molar-refractivity contribution is 5.77. The van der Waals surface area contributed by atoms with E-state index >= 15 is 0 Å². The summed E-state index contributed by atoms with van der Waals surface area (Å²) < 4.78 is 0.